The van der Waals surface area contributed by atoms with Crippen LogP contribution in [0.25, 0.3) is 0 Å². The van der Waals surface area contributed by atoms with Crippen molar-refractivity contribution in [1.29, 1.82) is 0 Å². The first-order valence-corrected chi connectivity index (χ1v) is 3.84. The molecule has 0 unspecified atom stereocenters. The molecule has 0 saturated carbocycles. The van der Waals surface area contributed by atoms with Crippen molar-refractivity contribution in [2.24, 2.45) is 0 Å². The van der Waals surface area contributed by atoms with Crippen LogP contribution in [0, 0.1) is 6.92 Å². The molecule has 0 atom stereocenters. The molecule has 58 valence electrons. The van der Waals surface area contributed by atoms with Crippen LogP contribution in [-0.2, 0) is 6.54 Å². The quantitative estimate of drug-likeness (QED) is 0.731. The Bertz CT molecular complexity index is 185. The van der Waals surface area contributed by atoms with Gasteiger partial charge in [-0.05, 0) is 26.1 Å². The standard InChI is InChI=1S/C7H11NS.ClH/c1-6-3-4-7(9-6)5-8-2;/h3-4,8H,5H2,1-2H3;1H. The van der Waals surface area contributed by atoms with Crippen molar-refractivity contribution in [1.82, 2.24) is 5.32 Å². The van der Waals surface area contributed by atoms with E-state index >= 15 is 0 Å². The van der Waals surface area contributed by atoms with Gasteiger partial charge in [0.25, 0.3) is 0 Å². The van der Waals surface area contributed by atoms with Crippen molar-refractivity contribution < 1.29 is 0 Å². The van der Waals surface area contributed by atoms with Gasteiger partial charge < -0.3 is 5.32 Å². The van der Waals surface area contributed by atoms with Crippen molar-refractivity contribution >= 4 is 23.7 Å². The molecule has 3 heteroatoms. The number of thiophene rings is 1. The van der Waals surface area contributed by atoms with E-state index in [4.69, 9.17) is 0 Å². The molecule has 0 aliphatic heterocycles. The normalized spacial score (nSPS) is 9.00. The zero-order chi connectivity index (χ0) is 6.69. The van der Waals surface area contributed by atoms with Crippen LogP contribution in [-0.4, -0.2) is 7.05 Å². The third-order valence-corrected chi connectivity index (χ3v) is 2.15. The SMILES string of the molecule is CNCc1ccc(C)s1.Cl. The monoisotopic (exact) mass is 177 g/mol. The molecule has 0 amide bonds. The lowest BCUT2D eigenvalue weighted by atomic mass is 10.4. The maximum atomic E-state index is 3.11. The van der Waals surface area contributed by atoms with Crippen LogP contribution >= 0.6 is 23.7 Å². The number of aryl methyl sites for hydroxylation is 1. The number of halogens is 1. The summed E-state index contributed by atoms with van der Waals surface area (Å²) in [6.45, 7) is 3.13. The maximum Gasteiger partial charge on any atom is 0.0296 e. The summed E-state index contributed by atoms with van der Waals surface area (Å²) in [5.41, 5.74) is 0. The second kappa shape index (κ2) is 4.72. The minimum atomic E-state index is 0. The molecular weight excluding hydrogens is 166 g/mol. The van der Waals surface area contributed by atoms with Gasteiger partial charge in [0.05, 0.1) is 0 Å². The molecule has 1 heterocycles. The highest BCUT2D eigenvalue weighted by Crippen LogP contribution is 2.13. The zero-order valence-electron chi connectivity index (χ0n) is 6.18. The van der Waals surface area contributed by atoms with Gasteiger partial charge in [0.15, 0.2) is 0 Å². The van der Waals surface area contributed by atoms with Crippen LogP contribution in [0.2, 0.25) is 0 Å². The Morgan fingerprint density at radius 2 is 2.20 bits per heavy atom. The highest BCUT2D eigenvalue weighted by molar-refractivity contribution is 7.11. The van der Waals surface area contributed by atoms with Crippen molar-refractivity contribution in [2.75, 3.05) is 7.05 Å². The second-order valence-corrected chi connectivity index (χ2v) is 3.42. The van der Waals surface area contributed by atoms with Crippen molar-refractivity contribution in [3.63, 3.8) is 0 Å². The Labute approximate surface area is 71.9 Å². The topological polar surface area (TPSA) is 12.0 Å². The molecule has 1 N–H and O–H groups in total. The van der Waals surface area contributed by atoms with Gasteiger partial charge in [-0.1, -0.05) is 0 Å². The van der Waals surface area contributed by atoms with Crippen LogP contribution in [0.5, 0.6) is 0 Å². The fourth-order valence-electron chi connectivity index (χ4n) is 0.754. The molecule has 0 saturated heterocycles. The Morgan fingerprint density at radius 1 is 1.50 bits per heavy atom. The summed E-state index contributed by atoms with van der Waals surface area (Å²) in [6.07, 6.45) is 0. The molecule has 0 aliphatic carbocycles. The summed E-state index contributed by atoms with van der Waals surface area (Å²) >= 11 is 1.85. The van der Waals surface area contributed by atoms with Gasteiger partial charge in [0.1, 0.15) is 0 Å². The third-order valence-electron chi connectivity index (χ3n) is 1.15. The Morgan fingerprint density at radius 3 is 2.60 bits per heavy atom. The first-order chi connectivity index (χ1) is 4.33. The predicted octanol–water partition coefficient (Wildman–Crippen LogP) is 2.20. The van der Waals surface area contributed by atoms with E-state index in [-0.39, 0.29) is 12.4 Å². The number of nitrogens with one attached hydrogen (secondary N) is 1. The number of hydrogen-bond donors (Lipinski definition) is 1. The van der Waals surface area contributed by atoms with Gasteiger partial charge in [-0.25, -0.2) is 0 Å². The molecule has 1 nitrogen and oxygen atoms in total. The van der Waals surface area contributed by atoms with E-state index in [9.17, 15) is 0 Å². The molecule has 0 aliphatic rings. The summed E-state index contributed by atoms with van der Waals surface area (Å²) in [6, 6.07) is 4.31. The molecule has 1 aromatic heterocycles. The predicted molar refractivity (Wildman–Crippen MR) is 49.1 cm³/mol. The lowest BCUT2D eigenvalue weighted by Gasteiger charge is -1.90. The first-order valence-electron chi connectivity index (χ1n) is 3.03. The third kappa shape index (κ3) is 2.69. The summed E-state index contributed by atoms with van der Waals surface area (Å²) < 4.78 is 0. The zero-order valence-corrected chi connectivity index (χ0v) is 7.81. The molecule has 1 rings (SSSR count). The van der Waals surface area contributed by atoms with E-state index in [0.717, 1.165) is 6.54 Å². The van der Waals surface area contributed by atoms with E-state index in [1.807, 2.05) is 18.4 Å². The Balaban J connectivity index is 0.000000810. The van der Waals surface area contributed by atoms with Crippen LogP contribution in [0.1, 0.15) is 9.75 Å². The van der Waals surface area contributed by atoms with Crippen molar-refractivity contribution in [2.45, 2.75) is 13.5 Å². The molecule has 0 fully saturated rings. The Hall–Kier alpha value is -0.0500. The molecule has 0 aromatic carbocycles. The van der Waals surface area contributed by atoms with Crippen LogP contribution in [0.15, 0.2) is 12.1 Å². The number of hydrogen-bond acceptors (Lipinski definition) is 2. The van der Waals surface area contributed by atoms with Crippen molar-refractivity contribution in [3.05, 3.63) is 21.9 Å². The van der Waals surface area contributed by atoms with Gasteiger partial charge >= 0.3 is 0 Å². The molecular formula is C7H12ClNS. The summed E-state index contributed by atoms with van der Waals surface area (Å²) in [5, 5.41) is 3.11. The maximum absolute atomic E-state index is 3.11. The fraction of sp³-hybridized carbons (Fsp3) is 0.429. The average molecular weight is 178 g/mol. The van der Waals surface area contributed by atoms with Crippen LogP contribution in [0.3, 0.4) is 0 Å². The minimum absolute atomic E-state index is 0. The summed E-state index contributed by atoms with van der Waals surface area (Å²) in [7, 11) is 1.97. The van der Waals surface area contributed by atoms with E-state index in [0.29, 0.717) is 0 Å². The van der Waals surface area contributed by atoms with E-state index in [2.05, 4.69) is 24.4 Å². The lowest BCUT2D eigenvalue weighted by molar-refractivity contribution is 0.831. The highest BCUT2D eigenvalue weighted by atomic mass is 35.5. The van der Waals surface area contributed by atoms with E-state index in [1.165, 1.54) is 9.75 Å². The smallest absolute Gasteiger partial charge is 0.0296 e. The second-order valence-electron chi connectivity index (χ2n) is 2.04. The molecule has 1 aromatic rings. The molecule has 0 spiro atoms. The van der Waals surface area contributed by atoms with E-state index < -0.39 is 0 Å². The molecule has 10 heavy (non-hydrogen) atoms. The van der Waals surface area contributed by atoms with Gasteiger partial charge in [0, 0.05) is 16.3 Å². The fourth-order valence-corrected chi connectivity index (χ4v) is 1.66. The van der Waals surface area contributed by atoms with Crippen LogP contribution < -0.4 is 5.32 Å². The van der Waals surface area contributed by atoms with Gasteiger partial charge in [0.2, 0.25) is 0 Å². The van der Waals surface area contributed by atoms with E-state index in [1.54, 1.807) is 0 Å². The average Bonchev–Trinajstić information content (AvgIpc) is 2.17. The summed E-state index contributed by atoms with van der Waals surface area (Å²) in [5.74, 6) is 0. The molecule has 0 bridgehead atoms. The first kappa shape index (κ1) is 9.95. The van der Waals surface area contributed by atoms with Crippen LogP contribution in [0.4, 0.5) is 0 Å². The van der Waals surface area contributed by atoms with Gasteiger partial charge in [-0.2, -0.15) is 0 Å². The largest absolute Gasteiger partial charge is 0.315 e. The Kier molecular flexibility index (Phi) is 4.69. The van der Waals surface area contributed by atoms with Gasteiger partial charge in [-0.15, -0.1) is 23.7 Å². The molecule has 0 radical (unpaired) electrons. The van der Waals surface area contributed by atoms with Gasteiger partial charge in [-0.3, -0.25) is 0 Å². The minimum Gasteiger partial charge on any atom is -0.315 e. The lowest BCUT2D eigenvalue weighted by Crippen LogP contribution is -2.02. The summed E-state index contributed by atoms with van der Waals surface area (Å²) in [4.78, 5) is 2.80. The highest BCUT2D eigenvalue weighted by Gasteiger charge is 1.91. The van der Waals surface area contributed by atoms with Crippen molar-refractivity contribution in [3.8, 4) is 0 Å². The number of rotatable bonds is 2.